The van der Waals surface area contributed by atoms with E-state index in [9.17, 15) is 4.39 Å². The summed E-state index contributed by atoms with van der Waals surface area (Å²) < 4.78 is 12.7. The molecule has 0 saturated heterocycles. The van der Waals surface area contributed by atoms with E-state index in [1.165, 1.54) is 6.42 Å². The number of rotatable bonds is 1. The zero-order valence-corrected chi connectivity index (χ0v) is 6.70. The first-order valence-corrected chi connectivity index (χ1v) is 4.24. The first kappa shape index (κ1) is 8.06. The molecule has 2 heteroatoms. The van der Waals surface area contributed by atoms with Crippen LogP contribution in [0.25, 0.3) is 0 Å². The molecule has 0 aromatic rings. The fourth-order valence-corrected chi connectivity index (χ4v) is 1.65. The van der Waals surface area contributed by atoms with Crippen LogP contribution in [0.4, 0.5) is 4.39 Å². The SMILES string of the molecule is F/C(=C\Cl)C1CCCCC1. The molecule has 1 aliphatic rings. The third kappa shape index (κ3) is 1.98. The smallest absolute Gasteiger partial charge is 0.114 e. The Balaban J connectivity index is 2.39. The standard InChI is InChI=1S/C8H12ClF/c9-6-8(10)7-4-2-1-3-5-7/h6-7H,1-5H2/b8-6-. The molecule has 1 fully saturated rings. The highest BCUT2D eigenvalue weighted by Crippen LogP contribution is 2.30. The summed E-state index contributed by atoms with van der Waals surface area (Å²) in [7, 11) is 0. The van der Waals surface area contributed by atoms with Crippen LogP contribution in [-0.2, 0) is 0 Å². The maximum absolute atomic E-state index is 12.7. The predicted octanol–water partition coefficient (Wildman–Crippen LogP) is 3.62. The van der Waals surface area contributed by atoms with Crippen molar-refractivity contribution in [2.75, 3.05) is 0 Å². The van der Waals surface area contributed by atoms with Gasteiger partial charge in [-0.25, -0.2) is 4.39 Å². The molecule has 0 aromatic heterocycles. The molecule has 0 nitrogen and oxygen atoms in total. The minimum Gasteiger partial charge on any atom is -0.211 e. The summed E-state index contributed by atoms with van der Waals surface area (Å²) in [6, 6.07) is 0. The number of hydrogen-bond acceptors (Lipinski definition) is 0. The summed E-state index contributed by atoms with van der Waals surface area (Å²) >= 11 is 5.25. The van der Waals surface area contributed by atoms with Crippen LogP contribution in [-0.4, -0.2) is 0 Å². The van der Waals surface area contributed by atoms with Gasteiger partial charge in [0.25, 0.3) is 0 Å². The molecule has 58 valence electrons. The summed E-state index contributed by atoms with van der Waals surface area (Å²) in [4.78, 5) is 0. The molecule has 0 aromatic carbocycles. The van der Waals surface area contributed by atoms with Gasteiger partial charge in [-0.15, -0.1) is 0 Å². The average molecular weight is 163 g/mol. The van der Waals surface area contributed by atoms with Crippen molar-refractivity contribution < 1.29 is 4.39 Å². The molecule has 0 unspecified atom stereocenters. The van der Waals surface area contributed by atoms with Gasteiger partial charge in [0.05, 0.1) is 0 Å². The van der Waals surface area contributed by atoms with Gasteiger partial charge in [-0.2, -0.15) is 0 Å². The third-order valence-electron chi connectivity index (χ3n) is 2.10. The predicted molar refractivity (Wildman–Crippen MR) is 41.6 cm³/mol. The quantitative estimate of drug-likeness (QED) is 0.553. The van der Waals surface area contributed by atoms with Crippen molar-refractivity contribution >= 4 is 11.6 Å². The molecule has 1 saturated carbocycles. The van der Waals surface area contributed by atoms with E-state index in [1.807, 2.05) is 0 Å². The normalized spacial score (nSPS) is 23.2. The van der Waals surface area contributed by atoms with Gasteiger partial charge in [0.2, 0.25) is 0 Å². The van der Waals surface area contributed by atoms with E-state index < -0.39 is 0 Å². The van der Waals surface area contributed by atoms with Crippen molar-refractivity contribution in [2.24, 2.45) is 5.92 Å². The minimum atomic E-state index is -0.124. The van der Waals surface area contributed by atoms with Gasteiger partial charge in [0.1, 0.15) is 5.83 Å². The molecule has 0 amide bonds. The second-order valence-electron chi connectivity index (χ2n) is 2.83. The highest BCUT2D eigenvalue weighted by Gasteiger charge is 2.16. The zero-order valence-electron chi connectivity index (χ0n) is 5.95. The lowest BCUT2D eigenvalue weighted by atomic mass is 9.89. The first-order valence-electron chi connectivity index (χ1n) is 3.80. The molecule has 0 heterocycles. The lowest BCUT2D eigenvalue weighted by Gasteiger charge is -2.18. The molecule has 0 N–H and O–H groups in total. The van der Waals surface area contributed by atoms with Crippen LogP contribution in [0.3, 0.4) is 0 Å². The van der Waals surface area contributed by atoms with Crippen molar-refractivity contribution in [3.05, 3.63) is 11.4 Å². The van der Waals surface area contributed by atoms with Crippen molar-refractivity contribution in [1.82, 2.24) is 0 Å². The monoisotopic (exact) mass is 162 g/mol. The van der Waals surface area contributed by atoms with Gasteiger partial charge in [-0.1, -0.05) is 30.9 Å². The summed E-state index contributed by atoms with van der Waals surface area (Å²) in [5.41, 5.74) is 1.08. The first-order chi connectivity index (χ1) is 4.84. The van der Waals surface area contributed by atoms with E-state index in [0.717, 1.165) is 31.2 Å². The Morgan fingerprint density at radius 3 is 2.40 bits per heavy atom. The number of allylic oxidation sites excluding steroid dienone is 1. The molecule has 0 bridgehead atoms. The zero-order chi connectivity index (χ0) is 7.40. The van der Waals surface area contributed by atoms with Crippen LogP contribution in [0.15, 0.2) is 11.4 Å². The molecule has 10 heavy (non-hydrogen) atoms. The highest BCUT2D eigenvalue weighted by molar-refractivity contribution is 6.25. The second-order valence-corrected chi connectivity index (χ2v) is 3.05. The summed E-state index contributed by atoms with van der Waals surface area (Å²) in [6.07, 6.45) is 5.53. The lowest BCUT2D eigenvalue weighted by molar-refractivity contribution is 0.349. The minimum absolute atomic E-state index is 0.124. The molecule has 1 rings (SSSR count). The van der Waals surface area contributed by atoms with E-state index in [1.54, 1.807) is 0 Å². The highest BCUT2D eigenvalue weighted by atomic mass is 35.5. The van der Waals surface area contributed by atoms with Crippen molar-refractivity contribution in [2.45, 2.75) is 32.1 Å². The molecule has 1 aliphatic carbocycles. The molecular formula is C8H12ClF. The number of halogens is 2. The summed E-state index contributed by atoms with van der Waals surface area (Å²) in [5, 5.41) is 0. The van der Waals surface area contributed by atoms with Crippen molar-refractivity contribution in [1.29, 1.82) is 0 Å². The Hall–Kier alpha value is -0.0400. The van der Waals surface area contributed by atoms with Gasteiger partial charge >= 0.3 is 0 Å². The molecule has 0 radical (unpaired) electrons. The van der Waals surface area contributed by atoms with E-state index in [0.29, 0.717) is 0 Å². The van der Waals surface area contributed by atoms with Crippen LogP contribution in [0.2, 0.25) is 0 Å². The Bertz CT molecular complexity index is 125. The van der Waals surface area contributed by atoms with Gasteiger partial charge in [0.15, 0.2) is 0 Å². The maximum atomic E-state index is 12.7. The lowest BCUT2D eigenvalue weighted by Crippen LogP contribution is -2.05. The summed E-state index contributed by atoms with van der Waals surface area (Å²) in [5.74, 6) is 0.00705. The van der Waals surface area contributed by atoms with Crippen molar-refractivity contribution in [3.63, 3.8) is 0 Å². The Labute approximate surface area is 66.1 Å². The van der Waals surface area contributed by atoms with Crippen LogP contribution < -0.4 is 0 Å². The molecular weight excluding hydrogens is 151 g/mol. The van der Waals surface area contributed by atoms with Gasteiger partial charge in [-0.05, 0) is 12.8 Å². The van der Waals surface area contributed by atoms with Crippen LogP contribution in [0.5, 0.6) is 0 Å². The van der Waals surface area contributed by atoms with E-state index in [2.05, 4.69) is 0 Å². The second kappa shape index (κ2) is 3.97. The fraction of sp³-hybridized carbons (Fsp3) is 0.750. The van der Waals surface area contributed by atoms with Crippen LogP contribution in [0.1, 0.15) is 32.1 Å². The average Bonchev–Trinajstić information content (AvgIpc) is 2.05. The van der Waals surface area contributed by atoms with Gasteiger partial charge < -0.3 is 0 Å². The van der Waals surface area contributed by atoms with Gasteiger partial charge in [0, 0.05) is 11.5 Å². The van der Waals surface area contributed by atoms with Gasteiger partial charge in [-0.3, -0.25) is 0 Å². The topological polar surface area (TPSA) is 0 Å². The van der Waals surface area contributed by atoms with E-state index >= 15 is 0 Å². The molecule has 0 atom stereocenters. The molecule has 0 spiro atoms. The Morgan fingerprint density at radius 2 is 1.90 bits per heavy atom. The van der Waals surface area contributed by atoms with E-state index in [-0.39, 0.29) is 11.7 Å². The fourth-order valence-electron chi connectivity index (χ4n) is 1.47. The Kier molecular flexibility index (Phi) is 3.20. The maximum Gasteiger partial charge on any atom is 0.114 e. The van der Waals surface area contributed by atoms with Crippen molar-refractivity contribution in [3.8, 4) is 0 Å². The van der Waals surface area contributed by atoms with Crippen LogP contribution in [0, 0.1) is 5.92 Å². The van der Waals surface area contributed by atoms with Crippen LogP contribution >= 0.6 is 11.6 Å². The van der Waals surface area contributed by atoms with E-state index in [4.69, 9.17) is 11.6 Å². The third-order valence-corrected chi connectivity index (χ3v) is 2.31. The largest absolute Gasteiger partial charge is 0.211 e. The number of hydrogen-bond donors (Lipinski definition) is 0. The molecule has 0 aliphatic heterocycles. The summed E-state index contributed by atoms with van der Waals surface area (Å²) in [6.45, 7) is 0. The Morgan fingerprint density at radius 1 is 1.30 bits per heavy atom.